The number of para-hydroxylation sites is 1. The van der Waals surface area contributed by atoms with Gasteiger partial charge in [-0.05, 0) is 49.7 Å². The molecule has 2 aromatic carbocycles. The molecule has 0 N–H and O–H groups in total. The number of aromatic nitrogens is 2. The van der Waals surface area contributed by atoms with Crippen LogP contribution in [0.25, 0.3) is 10.9 Å². The molecule has 0 spiro atoms. The molecule has 0 aliphatic carbocycles. The Morgan fingerprint density at radius 1 is 1.20 bits per heavy atom. The lowest BCUT2D eigenvalue weighted by Gasteiger charge is -2.34. The summed E-state index contributed by atoms with van der Waals surface area (Å²) in [6.45, 7) is 5.00. The molecule has 0 bridgehead atoms. The first kappa shape index (κ1) is 20.4. The van der Waals surface area contributed by atoms with Crippen LogP contribution in [0.2, 0.25) is 0 Å². The number of rotatable bonds is 7. The molecule has 1 aliphatic rings. The van der Waals surface area contributed by atoms with E-state index in [1.807, 2.05) is 25.1 Å². The van der Waals surface area contributed by atoms with Gasteiger partial charge >= 0.3 is 5.97 Å². The molecule has 1 aliphatic heterocycles. The Labute approximate surface area is 175 Å². The van der Waals surface area contributed by atoms with E-state index in [1.165, 1.54) is 19.6 Å². The van der Waals surface area contributed by atoms with Crippen LogP contribution >= 0.6 is 0 Å². The number of nitrogens with zero attached hydrogens (tertiary/aromatic N) is 3. The molecular formula is C24H26FN3O2. The molecule has 1 fully saturated rings. The van der Waals surface area contributed by atoms with Crippen molar-refractivity contribution in [2.24, 2.45) is 0 Å². The molecule has 1 saturated heterocycles. The van der Waals surface area contributed by atoms with Gasteiger partial charge in [0, 0.05) is 24.3 Å². The van der Waals surface area contributed by atoms with Gasteiger partial charge in [-0.2, -0.15) is 0 Å². The minimum atomic E-state index is -0.408. The molecule has 1 atom stereocenters. The third kappa shape index (κ3) is 4.19. The fourth-order valence-corrected chi connectivity index (χ4v) is 4.01. The number of fused-ring (bicyclic) bond motifs is 1. The Morgan fingerprint density at radius 3 is 2.67 bits per heavy atom. The van der Waals surface area contributed by atoms with Crippen LogP contribution in [-0.2, 0) is 17.6 Å². The van der Waals surface area contributed by atoms with Crippen LogP contribution < -0.4 is 0 Å². The lowest BCUT2D eigenvalue weighted by molar-refractivity contribution is 0.0602. The van der Waals surface area contributed by atoms with Crippen LogP contribution in [0.1, 0.15) is 46.7 Å². The number of likely N-dealkylation sites (tertiary alicyclic amines) is 1. The standard InChI is InChI=1S/C24H26FN3O2/c1-3-22-26-21(19-9-5-10-20(23(19)27-22)24(29)30-2)14-17(15-28-11-6-12-28)16-7-4-8-18(25)13-16/h4-5,7-10,13,17H,3,6,11-12,14-15H2,1-2H3. The number of carbonyl (C=O) groups is 1. The van der Waals surface area contributed by atoms with Gasteiger partial charge in [0.1, 0.15) is 11.6 Å². The highest BCUT2D eigenvalue weighted by Gasteiger charge is 2.24. The van der Waals surface area contributed by atoms with Crippen LogP contribution in [0.3, 0.4) is 0 Å². The maximum Gasteiger partial charge on any atom is 0.340 e. The second kappa shape index (κ2) is 8.88. The van der Waals surface area contributed by atoms with Crippen LogP contribution in [-0.4, -0.2) is 47.6 Å². The van der Waals surface area contributed by atoms with Crippen molar-refractivity contribution in [3.63, 3.8) is 0 Å². The van der Waals surface area contributed by atoms with Crippen molar-refractivity contribution in [2.45, 2.75) is 32.1 Å². The Balaban J connectivity index is 1.78. The average molecular weight is 407 g/mol. The molecule has 0 radical (unpaired) electrons. The molecule has 6 heteroatoms. The SMILES string of the molecule is CCc1nc(CC(CN2CCC2)c2cccc(F)c2)c2cccc(C(=O)OC)c2n1. The predicted molar refractivity (Wildman–Crippen MR) is 114 cm³/mol. The highest BCUT2D eigenvalue weighted by Crippen LogP contribution is 2.28. The molecule has 4 rings (SSSR count). The number of carbonyl (C=O) groups excluding carboxylic acids is 1. The quantitative estimate of drug-likeness (QED) is 0.551. The maximum absolute atomic E-state index is 14.0. The van der Waals surface area contributed by atoms with E-state index in [9.17, 15) is 9.18 Å². The lowest BCUT2D eigenvalue weighted by atomic mass is 9.91. The molecule has 3 aromatic rings. The number of halogens is 1. The summed E-state index contributed by atoms with van der Waals surface area (Å²) in [7, 11) is 1.37. The number of aryl methyl sites for hydroxylation is 1. The average Bonchev–Trinajstić information content (AvgIpc) is 2.74. The highest BCUT2D eigenvalue weighted by molar-refractivity contribution is 6.03. The summed E-state index contributed by atoms with van der Waals surface area (Å²) in [5.41, 5.74) is 2.92. The normalized spacial score (nSPS) is 15.0. The smallest absolute Gasteiger partial charge is 0.340 e. The molecule has 30 heavy (non-hydrogen) atoms. The first-order valence-electron chi connectivity index (χ1n) is 10.4. The highest BCUT2D eigenvalue weighted by atomic mass is 19.1. The van der Waals surface area contributed by atoms with Crippen LogP contribution in [0.15, 0.2) is 42.5 Å². The summed E-state index contributed by atoms with van der Waals surface area (Å²) in [5, 5.41) is 0.847. The summed E-state index contributed by atoms with van der Waals surface area (Å²) in [6.07, 6.45) is 2.51. The van der Waals surface area contributed by atoms with E-state index in [2.05, 4.69) is 9.88 Å². The van der Waals surface area contributed by atoms with Gasteiger partial charge in [0.15, 0.2) is 0 Å². The first-order chi connectivity index (χ1) is 14.6. The number of methoxy groups -OCH3 is 1. The van der Waals surface area contributed by atoms with Gasteiger partial charge in [-0.1, -0.05) is 31.2 Å². The lowest BCUT2D eigenvalue weighted by Crippen LogP contribution is -2.40. The van der Waals surface area contributed by atoms with Crippen molar-refractivity contribution in [2.75, 3.05) is 26.7 Å². The van der Waals surface area contributed by atoms with E-state index in [0.717, 1.165) is 36.3 Å². The summed E-state index contributed by atoms with van der Waals surface area (Å²) in [4.78, 5) is 24.1. The van der Waals surface area contributed by atoms with Crippen molar-refractivity contribution in [3.8, 4) is 0 Å². The summed E-state index contributed by atoms with van der Waals surface area (Å²) in [6, 6.07) is 12.4. The molecule has 1 unspecified atom stereocenters. The second-order valence-corrected chi connectivity index (χ2v) is 7.74. The van der Waals surface area contributed by atoms with Crippen molar-refractivity contribution in [1.82, 2.24) is 14.9 Å². The van der Waals surface area contributed by atoms with Crippen molar-refractivity contribution < 1.29 is 13.9 Å². The number of benzene rings is 2. The van der Waals surface area contributed by atoms with Crippen molar-refractivity contribution >= 4 is 16.9 Å². The van der Waals surface area contributed by atoms with Gasteiger partial charge < -0.3 is 9.64 Å². The molecule has 2 heterocycles. The van der Waals surface area contributed by atoms with E-state index in [0.29, 0.717) is 29.7 Å². The van der Waals surface area contributed by atoms with Crippen molar-refractivity contribution in [1.29, 1.82) is 0 Å². The minimum absolute atomic E-state index is 0.102. The minimum Gasteiger partial charge on any atom is -0.465 e. The summed E-state index contributed by atoms with van der Waals surface area (Å²) < 4.78 is 18.9. The van der Waals surface area contributed by atoms with E-state index < -0.39 is 5.97 Å². The molecule has 156 valence electrons. The Morgan fingerprint density at radius 2 is 2.00 bits per heavy atom. The zero-order valence-electron chi connectivity index (χ0n) is 17.4. The van der Waals surface area contributed by atoms with Gasteiger partial charge in [0.2, 0.25) is 0 Å². The van der Waals surface area contributed by atoms with Gasteiger partial charge in [-0.15, -0.1) is 0 Å². The van der Waals surface area contributed by atoms with Crippen LogP contribution in [0, 0.1) is 5.82 Å². The largest absolute Gasteiger partial charge is 0.465 e. The van der Waals surface area contributed by atoms with Gasteiger partial charge in [-0.3, -0.25) is 0 Å². The second-order valence-electron chi connectivity index (χ2n) is 7.74. The topological polar surface area (TPSA) is 55.3 Å². The third-order valence-electron chi connectivity index (χ3n) is 5.76. The molecule has 0 amide bonds. The van der Waals surface area contributed by atoms with E-state index in [4.69, 9.17) is 9.72 Å². The predicted octanol–water partition coefficient (Wildman–Crippen LogP) is 4.15. The zero-order valence-corrected chi connectivity index (χ0v) is 17.4. The molecule has 1 aromatic heterocycles. The van der Waals surface area contributed by atoms with Crippen LogP contribution in [0.5, 0.6) is 0 Å². The molecule has 5 nitrogen and oxygen atoms in total. The number of ether oxygens (including phenoxy) is 1. The Hall–Kier alpha value is -2.86. The van der Waals surface area contributed by atoms with E-state index in [-0.39, 0.29) is 11.7 Å². The third-order valence-corrected chi connectivity index (χ3v) is 5.76. The Bertz CT molecular complexity index is 1070. The monoisotopic (exact) mass is 407 g/mol. The number of esters is 1. The number of hydrogen-bond donors (Lipinski definition) is 0. The van der Waals surface area contributed by atoms with Gasteiger partial charge in [-0.25, -0.2) is 19.2 Å². The fraction of sp³-hybridized carbons (Fsp3) is 0.375. The summed E-state index contributed by atoms with van der Waals surface area (Å²) >= 11 is 0. The maximum atomic E-state index is 14.0. The molecule has 0 saturated carbocycles. The first-order valence-corrected chi connectivity index (χ1v) is 10.4. The van der Waals surface area contributed by atoms with Gasteiger partial charge in [0.05, 0.1) is 23.9 Å². The summed E-state index contributed by atoms with van der Waals surface area (Å²) in [5.74, 6) is 0.159. The van der Waals surface area contributed by atoms with Gasteiger partial charge in [0.25, 0.3) is 0 Å². The van der Waals surface area contributed by atoms with E-state index in [1.54, 1.807) is 18.2 Å². The van der Waals surface area contributed by atoms with E-state index >= 15 is 0 Å². The fourth-order valence-electron chi connectivity index (χ4n) is 4.01. The van der Waals surface area contributed by atoms with Crippen molar-refractivity contribution in [3.05, 3.63) is 70.9 Å². The van der Waals surface area contributed by atoms with Crippen LogP contribution in [0.4, 0.5) is 4.39 Å². The zero-order chi connectivity index (χ0) is 21.1. The number of hydrogen-bond acceptors (Lipinski definition) is 5. The Kier molecular flexibility index (Phi) is 6.04. The molecular weight excluding hydrogens is 381 g/mol.